The third-order valence-electron chi connectivity index (χ3n) is 7.44. The number of carbonyl (C=O) groups is 1. The van der Waals surface area contributed by atoms with E-state index in [1.54, 1.807) is 13.8 Å². The summed E-state index contributed by atoms with van der Waals surface area (Å²) in [4.78, 5) is 12.2. The molecule has 0 aromatic rings. The summed E-state index contributed by atoms with van der Waals surface area (Å²) in [6.07, 6.45) is -9.53. The van der Waals surface area contributed by atoms with E-state index >= 15 is 0 Å². The summed E-state index contributed by atoms with van der Waals surface area (Å²) in [6.45, 7) is 6.57. The van der Waals surface area contributed by atoms with Gasteiger partial charge >= 0.3 is 18.3 Å². The number of hydrogen-bond donors (Lipinski definition) is 1. The molecule has 0 radical (unpaired) electrons. The van der Waals surface area contributed by atoms with Crippen LogP contribution in [0.2, 0.25) is 0 Å². The van der Waals surface area contributed by atoms with Crippen LogP contribution in [0.15, 0.2) is 12.2 Å². The molecule has 10 heteroatoms. The Morgan fingerprint density at radius 3 is 1.94 bits per heavy atom. The molecule has 4 rings (SSSR count). The second kappa shape index (κ2) is 7.37. The van der Waals surface area contributed by atoms with Crippen LogP contribution < -0.4 is 0 Å². The maximum Gasteiger partial charge on any atom is 0.428 e. The van der Waals surface area contributed by atoms with Crippen molar-refractivity contribution < 1.29 is 45.7 Å². The second-order valence-electron chi connectivity index (χ2n) is 9.85. The predicted octanol–water partition coefficient (Wildman–Crippen LogP) is 4.95. The molecule has 0 amide bonds. The molecule has 0 saturated heterocycles. The minimum atomic E-state index is -5.94. The summed E-state index contributed by atoms with van der Waals surface area (Å²) in [5.41, 5.74) is -6.82. The molecule has 4 saturated carbocycles. The minimum Gasteiger partial charge on any atom is -0.456 e. The van der Waals surface area contributed by atoms with Gasteiger partial charge in [0.05, 0.1) is 12.2 Å². The van der Waals surface area contributed by atoms with Crippen molar-refractivity contribution in [3.05, 3.63) is 12.2 Å². The van der Waals surface area contributed by atoms with Crippen molar-refractivity contribution in [2.24, 2.45) is 23.7 Å². The van der Waals surface area contributed by atoms with Crippen LogP contribution >= 0.6 is 0 Å². The third kappa shape index (κ3) is 3.77. The van der Waals surface area contributed by atoms with Crippen molar-refractivity contribution in [1.29, 1.82) is 0 Å². The first kappa shape index (κ1) is 24.4. The van der Waals surface area contributed by atoms with E-state index in [1.807, 2.05) is 0 Å². The number of rotatable bonds is 6. The number of ether oxygens (including phenoxy) is 2. The molecular formula is C21H28F6O4. The van der Waals surface area contributed by atoms with Crippen molar-refractivity contribution in [3.8, 4) is 0 Å². The fraction of sp³-hybridized carbons (Fsp3) is 0.857. The molecule has 0 aromatic heterocycles. The molecule has 178 valence electrons. The average Bonchev–Trinajstić information content (AvgIpc) is 2.57. The van der Waals surface area contributed by atoms with E-state index in [4.69, 9.17) is 9.47 Å². The first-order chi connectivity index (χ1) is 14.0. The quantitative estimate of drug-likeness (QED) is 0.348. The van der Waals surface area contributed by atoms with Gasteiger partial charge in [-0.05, 0) is 62.7 Å². The highest BCUT2D eigenvalue weighted by atomic mass is 19.4. The van der Waals surface area contributed by atoms with Crippen LogP contribution in [0.25, 0.3) is 0 Å². The van der Waals surface area contributed by atoms with Crippen LogP contribution in [0, 0.1) is 23.7 Å². The fourth-order valence-corrected chi connectivity index (χ4v) is 6.24. The summed E-state index contributed by atoms with van der Waals surface area (Å²) in [7, 11) is 0. The van der Waals surface area contributed by atoms with E-state index in [1.165, 1.54) is 6.92 Å². The van der Waals surface area contributed by atoms with E-state index in [-0.39, 0.29) is 23.3 Å². The molecule has 4 aliphatic carbocycles. The topological polar surface area (TPSA) is 55.8 Å². The van der Waals surface area contributed by atoms with Crippen LogP contribution in [0.4, 0.5) is 26.3 Å². The molecule has 2 unspecified atom stereocenters. The molecule has 0 aromatic carbocycles. The number of carbonyl (C=O) groups excluding carboxylic acids is 1. The van der Waals surface area contributed by atoms with E-state index in [2.05, 4.69) is 6.58 Å². The van der Waals surface area contributed by atoms with E-state index in [9.17, 15) is 36.2 Å². The third-order valence-corrected chi connectivity index (χ3v) is 7.44. The molecule has 31 heavy (non-hydrogen) atoms. The summed E-state index contributed by atoms with van der Waals surface area (Å²) >= 11 is 0. The summed E-state index contributed by atoms with van der Waals surface area (Å²) < 4.78 is 90.5. The highest BCUT2D eigenvalue weighted by Crippen LogP contribution is 2.64. The maximum atomic E-state index is 13.2. The molecule has 0 heterocycles. The van der Waals surface area contributed by atoms with Crippen molar-refractivity contribution in [3.63, 3.8) is 0 Å². The van der Waals surface area contributed by atoms with Gasteiger partial charge in [0.15, 0.2) is 0 Å². The first-order valence-corrected chi connectivity index (χ1v) is 10.4. The van der Waals surface area contributed by atoms with Gasteiger partial charge in [-0.15, -0.1) is 0 Å². The zero-order valence-electron chi connectivity index (χ0n) is 17.7. The Morgan fingerprint density at radius 2 is 1.55 bits per heavy atom. The van der Waals surface area contributed by atoms with Gasteiger partial charge in [-0.1, -0.05) is 20.4 Å². The van der Waals surface area contributed by atoms with Gasteiger partial charge in [0, 0.05) is 5.57 Å². The first-order valence-electron chi connectivity index (χ1n) is 10.4. The number of alkyl halides is 6. The number of esters is 1. The normalized spacial score (nSPS) is 35.5. The van der Waals surface area contributed by atoms with E-state index < -0.39 is 47.6 Å². The number of halogens is 6. The Balaban J connectivity index is 1.91. The van der Waals surface area contributed by atoms with Crippen LogP contribution in [0.3, 0.4) is 0 Å². The predicted molar refractivity (Wildman–Crippen MR) is 97.8 cm³/mol. The monoisotopic (exact) mass is 458 g/mol. The highest BCUT2D eigenvalue weighted by Gasteiger charge is 2.72. The lowest BCUT2D eigenvalue weighted by Crippen LogP contribution is -2.69. The fourth-order valence-electron chi connectivity index (χ4n) is 6.24. The molecular weight excluding hydrogens is 430 g/mol. The van der Waals surface area contributed by atoms with Crippen molar-refractivity contribution in [1.82, 2.24) is 0 Å². The van der Waals surface area contributed by atoms with Crippen LogP contribution in [-0.4, -0.2) is 46.8 Å². The SMILES string of the molecule is C=C(C)C(=O)OC12CC3CC(C1)C(OCC(O)(C(F)(F)F)C(F)(F)F)(C(C)C)C(C3)C2. The summed E-state index contributed by atoms with van der Waals surface area (Å²) in [5, 5.41) is 9.61. The van der Waals surface area contributed by atoms with Gasteiger partial charge in [0.2, 0.25) is 0 Å². The average molecular weight is 458 g/mol. The Labute approximate surface area is 177 Å². The zero-order chi connectivity index (χ0) is 23.6. The van der Waals surface area contributed by atoms with Gasteiger partial charge < -0.3 is 14.6 Å². The van der Waals surface area contributed by atoms with Gasteiger partial charge in [0.25, 0.3) is 5.60 Å². The number of hydrogen-bond acceptors (Lipinski definition) is 4. The van der Waals surface area contributed by atoms with Crippen LogP contribution in [-0.2, 0) is 14.3 Å². The zero-order valence-corrected chi connectivity index (χ0v) is 17.7. The van der Waals surface area contributed by atoms with E-state index in [0.29, 0.717) is 32.1 Å². The summed E-state index contributed by atoms with van der Waals surface area (Å²) in [5.74, 6) is -1.58. The largest absolute Gasteiger partial charge is 0.456 e. The Morgan fingerprint density at radius 1 is 1.06 bits per heavy atom. The Hall–Kier alpha value is -1.29. The molecule has 4 fully saturated rings. The minimum absolute atomic E-state index is 0.148. The Kier molecular flexibility index (Phi) is 5.79. The van der Waals surface area contributed by atoms with Crippen LogP contribution in [0.5, 0.6) is 0 Å². The molecule has 0 spiro atoms. The molecule has 4 bridgehead atoms. The lowest BCUT2D eigenvalue weighted by molar-refractivity contribution is -0.391. The smallest absolute Gasteiger partial charge is 0.428 e. The lowest BCUT2D eigenvalue weighted by Gasteiger charge is -2.65. The lowest BCUT2D eigenvalue weighted by atomic mass is 9.46. The van der Waals surface area contributed by atoms with Crippen molar-refractivity contribution >= 4 is 5.97 Å². The van der Waals surface area contributed by atoms with Crippen molar-refractivity contribution in [2.45, 2.75) is 82.0 Å². The van der Waals surface area contributed by atoms with Gasteiger partial charge in [-0.2, -0.15) is 26.3 Å². The standard InChI is InChI=1S/C21H28F6O4/c1-11(2)16(28)31-17-7-13-5-14(8-17)19(12(3)4,15(6-13)9-17)30-10-18(29,20(22,23)24)21(25,26)27/h12-15,29H,1,5-10H2,2-4H3. The molecule has 4 aliphatic rings. The molecule has 4 nitrogen and oxygen atoms in total. The second-order valence-corrected chi connectivity index (χ2v) is 9.85. The molecule has 1 N–H and O–H groups in total. The van der Waals surface area contributed by atoms with E-state index in [0.717, 1.165) is 0 Å². The van der Waals surface area contributed by atoms with Crippen LogP contribution in [0.1, 0.15) is 52.9 Å². The van der Waals surface area contributed by atoms with Crippen molar-refractivity contribution in [2.75, 3.05) is 6.61 Å². The van der Waals surface area contributed by atoms with Gasteiger partial charge in [0.1, 0.15) is 5.60 Å². The van der Waals surface area contributed by atoms with Gasteiger partial charge in [-0.25, -0.2) is 4.79 Å². The van der Waals surface area contributed by atoms with Gasteiger partial charge in [-0.3, -0.25) is 0 Å². The number of aliphatic hydroxyl groups is 1. The maximum absolute atomic E-state index is 13.2. The molecule has 0 aliphatic heterocycles. The summed E-state index contributed by atoms with van der Waals surface area (Å²) in [6, 6.07) is 0. The highest BCUT2D eigenvalue weighted by molar-refractivity contribution is 5.87. The Bertz CT molecular complexity index is 711. The molecule has 2 atom stereocenters.